The molecule has 1 heterocycles. The number of urea groups is 1. The summed E-state index contributed by atoms with van der Waals surface area (Å²) < 4.78 is 6.07. The molecule has 0 atom stereocenters. The molecule has 4 rings (SSSR count). The van der Waals surface area contributed by atoms with Crippen LogP contribution in [0.3, 0.4) is 0 Å². The molecule has 0 aliphatic carbocycles. The highest BCUT2D eigenvalue weighted by atomic mass is 79.9. The lowest BCUT2D eigenvalue weighted by molar-refractivity contribution is -0.122. The third-order valence-corrected chi connectivity index (χ3v) is 6.19. The maximum Gasteiger partial charge on any atom is 0.335 e. The molecule has 3 aromatic rings. The molecule has 3 aromatic carbocycles. The lowest BCUT2D eigenvalue weighted by Gasteiger charge is -2.26. The summed E-state index contributed by atoms with van der Waals surface area (Å²) in [6.45, 7) is 0. The summed E-state index contributed by atoms with van der Waals surface area (Å²) in [5.41, 5.74) is 2.67. The van der Waals surface area contributed by atoms with E-state index in [1.165, 1.54) is 13.2 Å². The fourth-order valence-corrected chi connectivity index (χ4v) is 4.09. The van der Waals surface area contributed by atoms with Gasteiger partial charge in [0.25, 0.3) is 11.8 Å². The fraction of sp³-hybridized carbons (Fsp3) is 0.0800. The van der Waals surface area contributed by atoms with Crippen LogP contribution in [-0.4, -0.2) is 25.0 Å². The molecule has 1 saturated heterocycles. The molecule has 1 fully saturated rings. The maximum absolute atomic E-state index is 13.2. The molecule has 33 heavy (non-hydrogen) atoms. The zero-order valence-electron chi connectivity index (χ0n) is 17.5. The summed E-state index contributed by atoms with van der Waals surface area (Å²) in [4.78, 5) is 39.2. The second-order valence-corrected chi connectivity index (χ2v) is 8.56. The summed E-state index contributed by atoms with van der Waals surface area (Å²) in [5.74, 6) is -0.909. The van der Waals surface area contributed by atoms with Crippen molar-refractivity contribution in [2.45, 2.75) is 6.42 Å². The number of carbonyl (C=O) groups excluding carboxylic acids is 3. The molecule has 0 unspecified atom stereocenters. The van der Waals surface area contributed by atoms with Gasteiger partial charge in [0.2, 0.25) is 0 Å². The second-order valence-electron chi connectivity index (χ2n) is 7.27. The number of carbonyl (C=O) groups is 3. The minimum Gasteiger partial charge on any atom is -0.497 e. The first-order valence-electron chi connectivity index (χ1n) is 9.94. The lowest BCUT2D eigenvalue weighted by atomic mass is 9.97. The van der Waals surface area contributed by atoms with Gasteiger partial charge in [-0.25, -0.2) is 9.69 Å². The summed E-state index contributed by atoms with van der Waals surface area (Å²) in [7, 11) is 1.52. The standard InChI is InChI=1S/C25H18BrClN2O4/c1-33-20-10-8-19(9-11-20)29-24(31)21(23(30)28-25(29)32)14-17-13-18(27)7-6-15(17)12-16-4-2-3-5-22(16)26/h2-11,13-14H,12H2,1H3,(H,28,30,32)/b21-14+. The van der Waals surface area contributed by atoms with Crippen LogP contribution in [0.5, 0.6) is 5.75 Å². The van der Waals surface area contributed by atoms with Gasteiger partial charge in [0, 0.05) is 9.50 Å². The van der Waals surface area contributed by atoms with Gasteiger partial charge < -0.3 is 4.74 Å². The van der Waals surface area contributed by atoms with Gasteiger partial charge in [-0.3, -0.25) is 14.9 Å². The predicted octanol–water partition coefficient (Wildman–Crippen LogP) is 5.37. The quantitative estimate of drug-likeness (QED) is 0.359. The molecular formula is C25H18BrClN2O4. The summed E-state index contributed by atoms with van der Waals surface area (Å²) in [6.07, 6.45) is 2.02. The van der Waals surface area contributed by atoms with E-state index in [1.54, 1.807) is 36.4 Å². The largest absolute Gasteiger partial charge is 0.497 e. The van der Waals surface area contributed by atoms with Crippen LogP contribution in [0.25, 0.3) is 6.08 Å². The Morgan fingerprint density at radius 1 is 1.00 bits per heavy atom. The van der Waals surface area contributed by atoms with Crippen LogP contribution in [0.4, 0.5) is 10.5 Å². The van der Waals surface area contributed by atoms with Gasteiger partial charge in [0.1, 0.15) is 11.3 Å². The zero-order chi connectivity index (χ0) is 23.5. The Bertz CT molecular complexity index is 1290. The van der Waals surface area contributed by atoms with Gasteiger partial charge in [-0.2, -0.15) is 0 Å². The first-order valence-corrected chi connectivity index (χ1v) is 11.1. The minimum atomic E-state index is -0.813. The van der Waals surface area contributed by atoms with Crippen molar-refractivity contribution in [3.8, 4) is 5.75 Å². The van der Waals surface area contributed by atoms with Gasteiger partial charge in [-0.1, -0.05) is 51.8 Å². The van der Waals surface area contributed by atoms with Crippen molar-refractivity contribution in [1.82, 2.24) is 5.32 Å². The van der Waals surface area contributed by atoms with E-state index in [0.29, 0.717) is 28.4 Å². The topological polar surface area (TPSA) is 75.7 Å². The van der Waals surface area contributed by atoms with Crippen molar-refractivity contribution in [1.29, 1.82) is 0 Å². The van der Waals surface area contributed by atoms with Crippen LogP contribution in [0, 0.1) is 0 Å². The molecule has 8 heteroatoms. The van der Waals surface area contributed by atoms with Crippen LogP contribution in [0.1, 0.15) is 16.7 Å². The van der Waals surface area contributed by atoms with Crippen molar-refractivity contribution in [2.24, 2.45) is 0 Å². The smallest absolute Gasteiger partial charge is 0.335 e. The Morgan fingerprint density at radius 3 is 2.42 bits per heavy atom. The first kappa shape index (κ1) is 22.8. The number of halogens is 2. The van der Waals surface area contributed by atoms with Crippen molar-refractivity contribution >= 4 is 57.1 Å². The molecule has 4 amide bonds. The van der Waals surface area contributed by atoms with E-state index in [9.17, 15) is 14.4 Å². The molecule has 1 aliphatic heterocycles. The number of rotatable bonds is 5. The Morgan fingerprint density at radius 2 is 1.73 bits per heavy atom. The molecule has 0 bridgehead atoms. The number of amides is 4. The SMILES string of the molecule is COc1ccc(N2C(=O)NC(=O)/C(=C\c3cc(Cl)ccc3Cc3ccccc3Br)C2=O)cc1. The number of hydrogen-bond acceptors (Lipinski definition) is 4. The Kier molecular flexibility index (Phi) is 6.62. The van der Waals surface area contributed by atoms with Crippen LogP contribution in [-0.2, 0) is 16.0 Å². The van der Waals surface area contributed by atoms with Crippen molar-refractivity contribution in [3.05, 3.63) is 98.5 Å². The lowest BCUT2D eigenvalue weighted by Crippen LogP contribution is -2.54. The number of anilines is 1. The maximum atomic E-state index is 13.2. The Balaban J connectivity index is 1.73. The molecule has 0 spiro atoms. The average molecular weight is 526 g/mol. The summed E-state index contributed by atoms with van der Waals surface area (Å²) in [5, 5.41) is 2.70. The number of imide groups is 2. The van der Waals surface area contributed by atoms with E-state index in [1.807, 2.05) is 30.3 Å². The highest BCUT2D eigenvalue weighted by Crippen LogP contribution is 2.28. The molecule has 6 nitrogen and oxygen atoms in total. The van der Waals surface area contributed by atoms with E-state index in [2.05, 4.69) is 21.2 Å². The number of hydrogen-bond donors (Lipinski definition) is 1. The second kappa shape index (κ2) is 9.60. The van der Waals surface area contributed by atoms with Crippen LogP contribution >= 0.6 is 27.5 Å². The highest BCUT2D eigenvalue weighted by molar-refractivity contribution is 9.10. The van der Waals surface area contributed by atoms with E-state index < -0.39 is 17.8 Å². The van der Waals surface area contributed by atoms with Crippen molar-refractivity contribution in [2.75, 3.05) is 12.0 Å². The van der Waals surface area contributed by atoms with Crippen LogP contribution < -0.4 is 15.0 Å². The molecule has 0 saturated carbocycles. The number of methoxy groups -OCH3 is 1. The van der Waals surface area contributed by atoms with Gasteiger partial charge in [0.05, 0.1) is 12.8 Å². The number of ether oxygens (including phenoxy) is 1. The molecule has 1 N–H and O–H groups in total. The van der Waals surface area contributed by atoms with Gasteiger partial charge in [0.15, 0.2) is 0 Å². The number of benzene rings is 3. The monoisotopic (exact) mass is 524 g/mol. The normalized spacial score (nSPS) is 15.1. The van der Waals surface area contributed by atoms with E-state index >= 15 is 0 Å². The fourth-order valence-electron chi connectivity index (χ4n) is 3.49. The summed E-state index contributed by atoms with van der Waals surface area (Å²) in [6, 6.07) is 18.7. The molecule has 0 aromatic heterocycles. The van der Waals surface area contributed by atoms with Crippen LogP contribution in [0.2, 0.25) is 5.02 Å². The average Bonchev–Trinajstić information content (AvgIpc) is 2.80. The first-order chi connectivity index (χ1) is 15.9. The molecule has 0 radical (unpaired) electrons. The van der Waals surface area contributed by atoms with Gasteiger partial charge in [-0.05, 0) is 71.7 Å². The number of nitrogens with zero attached hydrogens (tertiary/aromatic N) is 1. The minimum absolute atomic E-state index is 0.166. The zero-order valence-corrected chi connectivity index (χ0v) is 19.8. The number of nitrogens with one attached hydrogen (secondary N) is 1. The van der Waals surface area contributed by atoms with Gasteiger partial charge in [-0.15, -0.1) is 0 Å². The number of barbiturate groups is 1. The Labute approximate surface area is 203 Å². The van der Waals surface area contributed by atoms with E-state index in [-0.39, 0.29) is 5.57 Å². The third-order valence-electron chi connectivity index (χ3n) is 5.18. The molecule has 166 valence electrons. The molecular weight excluding hydrogens is 508 g/mol. The summed E-state index contributed by atoms with van der Waals surface area (Å²) >= 11 is 9.77. The van der Waals surface area contributed by atoms with Crippen molar-refractivity contribution < 1.29 is 19.1 Å². The van der Waals surface area contributed by atoms with Gasteiger partial charge >= 0.3 is 6.03 Å². The predicted molar refractivity (Wildman–Crippen MR) is 130 cm³/mol. The third kappa shape index (κ3) is 4.84. The molecule has 1 aliphatic rings. The van der Waals surface area contributed by atoms with Crippen molar-refractivity contribution in [3.63, 3.8) is 0 Å². The Hall–Kier alpha value is -3.42. The van der Waals surface area contributed by atoms with E-state index in [4.69, 9.17) is 16.3 Å². The van der Waals surface area contributed by atoms with Crippen LogP contribution in [0.15, 0.2) is 76.8 Å². The highest BCUT2D eigenvalue weighted by Gasteiger charge is 2.37. The van der Waals surface area contributed by atoms with E-state index in [0.717, 1.165) is 20.5 Å².